The van der Waals surface area contributed by atoms with Crippen molar-refractivity contribution in [2.75, 3.05) is 55.5 Å². The Balaban J connectivity index is 0.000000139. The van der Waals surface area contributed by atoms with Gasteiger partial charge in [-0.2, -0.15) is 0 Å². The van der Waals surface area contributed by atoms with Crippen molar-refractivity contribution in [3.8, 4) is 45.7 Å². The fraction of sp³-hybridized carbons (Fsp3) is 0.204. The van der Waals surface area contributed by atoms with E-state index in [0.29, 0.717) is 24.8 Å². The molecule has 0 aromatic carbocycles. The second-order valence-corrected chi connectivity index (χ2v) is 17.3. The first-order valence-corrected chi connectivity index (χ1v) is 24.4. The number of ether oxygens (including phenoxy) is 3. The summed E-state index contributed by atoms with van der Waals surface area (Å²) < 4.78 is 16.5. The van der Waals surface area contributed by atoms with E-state index in [1.165, 1.54) is 27.6 Å². The number of rotatable bonds is 15. The molecule has 16 nitrogen and oxygen atoms in total. The minimum absolute atomic E-state index is 0.595. The first kappa shape index (κ1) is 47.2. The first-order valence-electron chi connectivity index (χ1n) is 21.9. The van der Waals surface area contributed by atoms with E-state index in [9.17, 15) is 0 Å². The van der Waals surface area contributed by atoms with Gasteiger partial charge in [0.05, 0.1) is 48.4 Å². The van der Waals surface area contributed by atoms with E-state index in [0.717, 1.165) is 105 Å². The zero-order chi connectivity index (χ0) is 46.8. The molecule has 346 valence electrons. The van der Waals surface area contributed by atoms with E-state index >= 15 is 0 Å². The molecule has 0 amide bonds. The van der Waals surface area contributed by atoms with Gasteiger partial charge in [-0.3, -0.25) is 19.9 Å². The predicted octanol–water partition coefficient (Wildman–Crippen LogP) is 11.0. The van der Waals surface area contributed by atoms with Crippen LogP contribution in [0, 0.1) is 6.92 Å². The van der Waals surface area contributed by atoms with E-state index in [-0.39, 0.29) is 0 Å². The van der Waals surface area contributed by atoms with E-state index in [2.05, 4.69) is 60.7 Å². The summed E-state index contributed by atoms with van der Waals surface area (Å²) in [5.74, 6) is 3.61. The number of morpholine rings is 1. The third-order valence-electron chi connectivity index (χ3n) is 9.77. The fourth-order valence-electron chi connectivity index (χ4n) is 6.54. The largest absolute Gasteiger partial charge is 0.490 e. The van der Waals surface area contributed by atoms with Gasteiger partial charge < -0.3 is 30.2 Å². The zero-order valence-corrected chi connectivity index (χ0v) is 40.1. The number of hydrogen-bond acceptors (Lipinski definition) is 19. The molecule has 9 aromatic rings. The molecule has 1 aliphatic rings. The van der Waals surface area contributed by atoms with Crippen LogP contribution in [-0.2, 0) is 11.3 Å². The molecule has 1 saturated heterocycles. The molecule has 0 radical (unpaired) electrons. The SMILES string of the molecule is CCOc1cccnc1Nc1nc(-c2ccccn2)cs1.CCOc1cccnc1Nc1nc(-c2ccccn2)cs1.Cc1cccnc1Nc1nc(-c2ccccn2)c(CN2CCOCC2)s1. The standard InChI is InChI=1S/C19H21N5OS.2C15H14N4OS/c1-14-5-4-8-21-18(14)23-19-22-17(15-6-2-3-7-20-15)16(26-19)13-24-9-11-25-12-10-24;2*1-2-20-13-7-5-9-17-14(13)19-15-18-12(10-21-15)11-6-3-4-8-16-11/h2-8H,9-13H2,1H3,(H,21,22,23);2*3-10H,2H2,1H3,(H,17,18,19). The number of thiazole rings is 3. The van der Waals surface area contributed by atoms with Gasteiger partial charge in [0.25, 0.3) is 0 Å². The number of hydrogen-bond donors (Lipinski definition) is 3. The Morgan fingerprint density at radius 1 is 0.529 bits per heavy atom. The highest BCUT2D eigenvalue weighted by molar-refractivity contribution is 7.16. The third-order valence-corrected chi connectivity index (χ3v) is 12.2. The van der Waals surface area contributed by atoms with Gasteiger partial charge >= 0.3 is 0 Å². The molecule has 1 fully saturated rings. The van der Waals surface area contributed by atoms with E-state index in [1.54, 1.807) is 42.3 Å². The van der Waals surface area contributed by atoms with Crippen LogP contribution in [0.5, 0.6) is 11.5 Å². The molecule has 10 rings (SSSR count). The van der Waals surface area contributed by atoms with Crippen LogP contribution in [0.3, 0.4) is 0 Å². The second kappa shape index (κ2) is 24.5. The lowest BCUT2D eigenvalue weighted by molar-refractivity contribution is 0.0347. The van der Waals surface area contributed by atoms with Gasteiger partial charge in [0.1, 0.15) is 22.9 Å². The third kappa shape index (κ3) is 13.2. The Morgan fingerprint density at radius 3 is 1.51 bits per heavy atom. The van der Waals surface area contributed by atoms with Crippen LogP contribution in [0.25, 0.3) is 34.2 Å². The number of pyridine rings is 6. The Labute approximate surface area is 406 Å². The van der Waals surface area contributed by atoms with Crippen molar-refractivity contribution in [2.24, 2.45) is 0 Å². The lowest BCUT2D eigenvalue weighted by atomic mass is 10.2. The summed E-state index contributed by atoms with van der Waals surface area (Å²) in [6.45, 7) is 11.4. The highest BCUT2D eigenvalue weighted by Crippen LogP contribution is 2.34. The van der Waals surface area contributed by atoms with Crippen LogP contribution in [0.1, 0.15) is 24.3 Å². The summed E-state index contributed by atoms with van der Waals surface area (Å²) in [5.41, 5.74) is 6.34. The minimum Gasteiger partial charge on any atom is -0.490 e. The number of nitrogens with one attached hydrogen (secondary N) is 3. The predicted molar refractivity (Wildman–Crippen MR) is 272 cm³/mol. The summed E-state index contributed by atoms with van der Waals surface area (Å²) in [4.78, 5) is 43.6. The van der Waals surface area contributed by atoms with Crippen molar-refractivity contribution in [2.45, 2.75) is 27.3 Å². The molecule has 0 atom stereocenters. The average molecular weight is 964 g/mol. The van der Waals surface area contributed by atoms with Crippen molar-refractivity contribution < 1.29 is 14.2 Å². The molecular weight excluding hydrogens is 915 g/mol. The van der Waals surface area contributed by atoms with Gasteiger partial charge in [-0.15, -0.1) is 22.7 Å². The molecule has 68 heavy (non-hydrogen) atoms. The maximum Gasteiger partial charge on any atom is 0.189 e. The smallest absolute Gasteiger partial charge is 0.189 e. The first-order chi connectivity index (χ1) is 33.5. The topological polar surface area (TPSA) is 183 Å². The van der Waals surface area contributed by atoms with Crippen molar-refractivity contribution in [3.63, 3.8) is 0 Å². The molecule has 0 bridgehead atoms. The molecule has 3 N–H and O–H groups in total. The molecule has 9 aromatic heterocycles. The van der Waals surface area contributed by atoms with Gasteiger partial charge in [0, 0.05) is 67.6 Å². The van der Waals surface area contributed by atoms with Crippen molar-refractivity contribution in [3.05, 3.63) is 149 Å². The molecule has 19 heteroatoms. The summed E-state index contributed by atoms with van der Waals surface area (Å²) in [5, 5.41) is 16.0. The molecule has 0 aliphatic carbocycles. The number of aromatic nitrogens is 9. The summed E-state index contributed by atoms with van der Waals surface area (Å²) >= 11 is 4.68. The Kier molecular flexibility index (Phi) is 17.0. The summed E-state index contributed by atoms with van der Waals surface area (Å²) in [6, 6.07) is 28.9. The van der Waals surface area contributed by atoms with Crippen LogP contribution < -0.4 is 25.4 Å². The van der Waals surface area contributed by atoms with Crippen LogP contribution >= 0.6 is 34.0 Å². The van der Waals surface area contributed by atoms with Crippen molar-refractivity contribution >= 4 is 66.9 Å². The van der Waals surface area contributed by atoms with Crippen LogP contribution in [-0.4, -0.2) is 89.3 Å². The van der Waals surface area contributed by atoms with Crippen LogP contribution in [0.15, 0.2) is 139 Å². The van der Waals surface area contributed by atoms with Crippen molar-refractivity contribution in [1.82, 2.24) is 49.8 Å². The van der Waals surface area contributed by atoms with Crippen LogP contribution in [0.4, 0.5) is 32.8 Å². The van der Waals surface area contributed by atoms with E-state index in [1.807, 2.05) is 129 Å². The van der Waals surface area contributed by atoms with Gasteiger partial charge in [-0.25, -0.2) is 29.9 Å². The molecule has 0 unspecified atom stereocenters. The fourth-order valence-corrected chi connectivity index (χ4v) is 8.96. The molecule has 0 saturated carbocycles. The Hall–Kier alpha value is -7.29. The number of aryl methyl sites for hydroxylation is 1. The van der Waals surface area contributed by atoms with Gasteiger partial charge in [0.2, 0.25) is 0 Å². The zero-order valence-electron chi connectivity index (χ0n) is 37.7. The molecular formula is C49H49N13O3S3. The summed E-state index contributed by atoms with van der Waals surface area (Å²) in [6.07, 6.45) is 10.6. The van der Waals surface area contributed by atoms with Crippen LogP contribution in [0.2, 0.25) is 0 Å². The Morgan fingerprint density at radius 2 is 1.01 bits per heavy atom. The normalized spacial score (nSPS) is 12.2. The highest BCUT2D eigenvalue weighted by atomic mass is 32.1. The van der Waals surface area contributed by atoms with E-state index in [4.69, 9.17) is 19.2 Å². The monoisotopic (exact) mass is 963 g/mol. The molecule has 0 spiro atoms. The van der Waals surface area contributed by atoms with Gasteiger partial charge in [0.15, 0.2) is 38.5 Å². The maximum absolute atomic E-state index is 5.54. The summed E-state index contributed by atoms with van der Waals surface area (Å²) in [7, 11) is 0. The van der Waals surface area contributed by atoms with Gasteiger partial charge in [-0.05, 0) is 93.1 Å². The molecule has 10 heterocycles. The quantitative estimate of drug-likeness (QED) is 0.0881. The van der Waals surface area contributed by atoms with Crippen molar-refractivity contribution in [1.29, 1.82) is 0 Å². The van der Waals surface area contributed by atoms with E-state index < -0.39 is 0 Å². The lowest BCUT2D eigenvalue weighted by Gasteiger charge is -2.26. The maximum atomic E-state index is 5.54. The highest BCUT2D eigenvalue weighted by Gasteiger charge is 2.20. The Bertz CT molecular complexity index is 2790. The average Bonchev–Trinajstić information content (AvgIpc) is 4.16. The number of anilines is 6. The lowest BCUT2D eigenvalue weighted by Crippen LogP contribution is -2.35. The van der Waals surface area contributed by atoms with Gasteiger partial charge in [-0.1, -0.05) is 35.6 Å². The molecule has 1 aliphatic heterocycles. The second-order valence-electron chi connectivity index (χ2n) is 14.5. The minimum atomic E-state index is 0.595. The number of nitrogens with zero attached hydrogens (tertiary/aromatic N) is 10.